The first kappa shape index (κ1) is 20.2. The van der Waals surface area contributed by atoms with E-state index in [1.54, 1.807) is 36.4 Å². The summed E-state index contributed by atoms with van der Waals surface area (Å²) in [5, 5.41) is 0. The molecule has 1 fully saturated rings. The molecule has 1 amide bonds. The Morgan fingerprint density at radius 1 is 1.14 bits per heavy atom. The van der Waals surface area contributed by atoms with Crippen molar-refractivity contribution < 1.29 is 13.2 Å². The van der Waals surface area contributed by atoms with Gasteiger partial charge in [0.25, 0.3) is 5.91 Å². The molecule has 0 atom stereocenters. The number of nitrogens with zero attached hydrogens (tertiary/aromatic N) is 4. The van der Waals surface area contributed by atoms with Gasteiger partial charge >= 0.3 is 10.2 Å². The summed E-state index contributed by atoms with van der Waals surface area (Å²) < 4.78 is 29.5. The van der Waals surface area contributed by atoms with Crippen molar-refractivity contribution in [3.8, 4) is 0 Å². The minimum atomic E-state index is -3.73. The number of pyridine rings is 1. The van der Waals surface area contributed by atoms with Gasteiger partial charge in [0.05, 0.1) is 23.5 Å². The first-order valence-corrected chi connectivity index (χ1v) is 10.3. The Balaban J connectivity index is 1.89. The fourth-order valence-electron chi connectivity index (χ4n) is 2.94. The topological polar surface area (TPSA) is 112 Å². The molecular formula is C18H24N6O3S. The second-order valence-corrected chi connectivity index (χ2v) is 8.42. The van der Waals surface area contributed by atoms with Crippen LogP contribution in [0.1, 0.15) is 16.1 Å². The monoisotopic (exact) mass is 404 g/mol. The highest BCUT2D eigenvalue weighted by Gasteiger charge is 2.32. The molecule has 2 heterocycles. The van der Waals surface area contributed by atoms with E-state index in [1.165, 1.54) is 14.8 Å². The molecule has 150 valence electrons. The second-order valence-electron chi connectivity index (χ2n) is 6.56. The van der Waals surface area contributed by atoms with E-state index < -0.39 is 16.1 Å². The average Bonchev–Trinajstić information content (AvgIpc) is 2.72. The van der Waals surface area contributed by atoms with Gasteiger partial charge < -0.3 is 4.90 Å². The van der Waals surface area contributed by atoms with Crippen molar-refractivity contribution in [2.75, 3.05) is 37.5 Å². The molecule has 1 aliphatic rings. The first-order chi connectivity index (χ1) is 13.4. The van der Waals surface area contributed by atoms with E-state index >= 15 is 0 Å². The summed E-state index contributed by atoms with van der Waals surface area (Å²) in [6, 6.07) is 12.1. The fraction of sp³-hybridized carbons (Fsp3) is 0.333. The number of amides is 1. The summed E-state index contributed by atoms with van der Waals surface area (Å²) in [6.07, 6.45) is 1.38. The van der Waals surface area contributed by atoms with Gasteiger partial charge in [0.1, 0.15) is 0 Å². The molecular weight excluding hydrogens is 380 g/mol. The molecule has 1 saturated heterocycles. The Morgan fingerprint density at radius 3 is 2.39 bits per heavy atom. The van der Waals surface area contributed by atoms with Crippen molar-refractivity contribution in [2.45, 2.75) is 6.54 Å². The van der Waals surface area contributed by atoms with Crippen LogP contribution >= 0.6 is 0 Å². The molecule has 1 aliphatic heterocycles. The average molecular weight is 404 g/mol. The van der Waals surface area contributed by atoms with Crippen molar-refractivity contribution in [2.24, 2.45) is 5.84 Å². The number of para-hydroxylation sites is 1. The molecule has 10 heteroatoms. The van der Waals surface area contributed by atoms with Crippen LogP contribution in [0.15, 0.2) is 48.7 Å². The van der Waals surface area contributed by atoms with Gasteiger partial charge in [-0.05, 0) is 31.3 Å². The van der Waals surface area contributed by atoms with Gasteiger partial charge in [-0.3, -0.25) is 19.5 Å². The Morgan fingerprint density at radius 2 is 1.82 bits per heavy atom. The van der Waals surface area contributed by atoms with Crippen LogP contribution in [0.4, 0.5) is 5.69 Å². The van der Waals surface area contributed by atoms with Crippen LogP contribution in [0.25, 0.3) is 0 Å². The lowest BCUT2D eigenvalue weighted by molar-refractivity contribution is 0.0953. The maximum Gasteiger partial charge on any atom is 0.304 e. The summed E-state index contributed by atoms with van der Waals surface area (Å²) in [4.78, 5) is 17.9. The zero-order valence-corrected chi connectivity index (χ0v) is 16.5. The number of anilines is 1. The third kappa shape index (κ3) is 4.47. The molecule has 9 nitrogen and oxygen atoms in total. The summed E-state index contributed by atoms with van der Waals surface area (Å²) in [7, 11) is -1.76. The summed E-state index contributed by atoms with van der Waals surface area (Å²) in [5.74, 6) is 4.67. The third-order valence-corrected chi connectivity index (χ3v) is 6.55. The smallest absolute Gasteiger partial charge is 0.304 e. The van der Waals surface area contributed by atoms with Crippen LogP contribution in [0.3, 0.4) is 0 Å². The zero-order valence-electron chi connectivity index (χ0n) is 15.7. The standard InChI is InChI=1S/C18H24N6O3S/c1-22-9-11-23(12-10-22)28(26,27)24(17-5-3-2-4-6-17)14-16-8-7-15(13-20-16)18(25)21-19/h2-8,13H,9-12,14,19H2,1H3,(H,21,25). The van der Waals surface area contributed by atoms with Crippen LogP contribution in [-0.2, 0) is 16.8 Å². The molecule has 2 aromatic rings. The minimum absolute atomic E-state index is 0.0587. The van der Waals surface area contributed by atoms with Gasteiger partial charge in [0.2, 0.25) is 0 Å². The van der Waals surface area contributed by atoms with Gasteiger partial charge in [-0.2, -0.15) is 12.7 Å². The number of nitrogen functional groups attached to an aromatic ring is 1. The van der Waals surface area contributed by atoms with Crippen molar-refractivity contribution in [3.05, 3.63) is 59.9 Å². The number of likely N-dealkylation sites (N-methyl/N-ethyl adjacent to an activating group) is 1. The number of piperazine rings is 1. The van der Waals surface area contributed by atoms with Crippen molar-refractivity contribution in [1.29, 1.82) is 0 Å². The van der Waals surface area contributed by atoms with Gasteiger partial charge in [0.15, 0.2) is 0 Å². The number of hydrogen-bond donors (Lipinski definition) is 2. The van der Waals surface area contributed by atoms with Crippen LogP contribution in [0.5, 0.6) is 0 Å². The number of carbonyl (C=O) groups is 1. The molecule has 3 rings (SSSR count). The Hall–Kier alpha value is -2.53. The molecule has 0 unspecified atom stereocenters. The quantitative estimate of drug-likeness (QED) is 0.404. The number of hydrazine groups is 1. The van der Waals surface area contributed by atoms with E-state index in [2.05, 4.69) is 9.88 Å². The summed E-state index contributed by atoms with van der Waals surface area (Å²) >= 11 is 0. The van der Waals surface area contributed by atoms with E-state index in [9.17, 15) is 13.2 Å². The van der Waals surface area contributed by atoms with Crippen molar-refractivity contribution >= 4 is 21.8 Å². The number of carbonyl (C=O) groups excluding carboxylic acids is 1. The Bertz CT molecular complexity index is 897. The van der Waals surface area contributed by atoms with E-state index in [0.717, 1.165) is 0 Å². The number of rotatable bonds is 6. The van der Waals surface area contributed by atoms with Crippen molar-refractivity contribution in [1.82, 2.24) is 19.6 Å². The van der Waals surface area contributed by atoms with E-state index in [0.29, 0.717) is 43.1 Å². The highest BCUT2D eigenvalue weighted by Crippen LogP contribution is 2.23. The van der Waals surface area contributed by atoms with Gasteiger partial charge in [0, 0.05) is 32.4 Å². The SMILES string of the molecule is CN1CCN(S(=O)(=O)N(Cc2ccc(C(=O)NN)cn2)c2ccccc2)CC1. The summed E-state index contributed by atoms with van der Waals surface area (Å²) in [5.41, 5.74) is 3.43. The zero-order chi connectivity index (χ0) is 20.1. The van der Waals surface area contributed by atoms with E-state index in [1.807, 2.05) is 18.5 Å². The number of benzene rings is 1. The number of hydrogen-bond acceptors (Lipinski definition) is 6. The molecule has 1 aromatic carbocycles. The number of aromatic nitrogens is 1. The lowest BCUT2D eigenvalue weighted by atomic mass is 10.2. The lowest BCUT2D eigenvalue weighted by Crippen LogP contribution is -2.52. The highest BCUT2D eigenvalue weighted by molar-refractivity contribution is 7.90. The third-order valence-electron chi connectivity index (χ3n) is 4.63. The van der Waals surface area contributed by atoms with E-state index in [4.69, 9.17) is 5.84 Å². The lowest BCUT2D eigenvalue weighted by Gasteiger charge is -2.36. The van der Waals surface area contributed by atoms with Gasteiger partial charge in [-0.25, -0.2) is 5.84 Å². The molecule has 1 aromatic heterocycles. The van der Waals surface area contributed by atoms with E-state index in [-0.39, 0.29) is 6.54 Å². The van der Waals surface area contributed by atoms with Crippen LogP contribution in [0.2, 0.25) is 0 Å². The first-order valence-electron chi connectivity index (χ1n) is 8.89. The molecule has 0 radical (unpaired) electrons. The maximum atomic E-state index is 13.3. The Kier molecular flexibility index (Phi) is 6.25. The predicted octanol–water partition coefficient (Wildman–Crippen LogP) is 0.184. The van der Waals surface area contributed by atoms with Gasteiger partial charge in [-0.15, -0.1) is 0 Å². The van der Waals surface area contributed by atoms with Crippen LogP contribution < -0.4 is 15.6 Å². The highest BCUT2D eigenvalue weighted by atomic mass is 32.2. The molecule has 28 heavy (non-hydrogen) atoms. The number of nitrogens with one attached hydrogen (secondary N) is 1. The van der Waals surface area contributed by atoms with Crippen LogP contribution in [-0.4, -0.2) is 61.7 Å². The molecule has 0 aliphatic carbocycles. The maximum absolute atomic E-state index is 13.3. The number of nitrogens with two attached hydrogens (primary N) is 1. The molecule has 0 spiro atoms. The molecule has 0 bridgehead atoms. The van der Waals surface area contributed by atoms with Crippen molar-refractivity contribution in [3.63, 3.8) is 0 Å². The molecule has 0 saturated carbocycles. The normalized spacial score (nSPS) is 15.9. The summed E-state index contributed by atoms with van der Waals surface area (Å²) in [6.45, 7) is 2.30. The predicted molar refractivity (Wildman–Crippen MR) is 107 cm³/mol. The Labute approximate surface area is 164 Å². The van der Waals surface area contributed by atoms with Gasteiger partial charge in [-0.1, -0.05) is 18.2 Å². The van der Waals surface area contributed by atoms with Crippen LogP contribution in [0, 0.1) is 0 Å². The fourth-order valence-corrected chi connectivity index (χ4v) is 4.53. The second kappa shape index (κ2) is 8.65. The molecule has 3 N–H and O–H groups in total. The minimum Gasteiger partial charge on any atom is -0.304 e. The largest absolute Gasteiger partial charge is 0.304 e.